The van der Waals surface area contributed by atoms with E-state index in [1.807, 2.05) is 0 Å². The van der Waals surface area contributed by atoms with E-state index in [9.17, 15) is 19.1 Å². The number of rotatable bonds is 3. The third-order valence-electron chi connectivity index (χ3n) is 4.29. The second kappa shape index (κ2) is 6.18. The number of amides is 1. The number of benzene rings is 1. The van der Waals surface area contributed by atoms with Crippen LogP contribution < -0.4 is 9.64 Å². The molecule has 2 saturated heterocycles. The number of halogens is 2. The number of nitrogens with zero attached hydrogens (tertiary/aromatic N) is 2. The Morgan fingerprint density at radius 3 is 2.79 bits per heavy atom. The topological polar surface area (TPSA) is 70.1 Å². The zero-order valence-corrected chi connectivity index (χ0v) is 14.2. The van der Waals surface area contributed by atoms with Crippen LogP contribution in [-0.4, -0.2) is 46.2 Å². The summed E-state index contributed by atoms with van der Waals surface area (Å²) in [5.74, 6) is -2.02. The lowest BCUT2D eigenvalue weighted by Gasteiger charge is -2.34. The fourth-order valence-electron chi connectivity index (χ4n) is 3.18. The van der Waals surface area contributed by atoms with E-state index in [0.29, 0.717) is 19.3 Å². The lowest BCUT2D eigenvalue weighted by atomic mass is 9.97. The standard InChI is InChI=1S/C15H14ClFN2O4S/c1-23-12-6-11(8(17)5-7(12)16)19-13(20)9-3-2-4-10(14(21)22)18(9)15(19)24/h5-6,9-10H,2-4H2,1H3,(H,21,22). The van der Waals surface area contributed by atoms with Gasteiger partial charge in [-0.1, -0.05) is 11.6 Å². The number of hydrogen-bond acceptors (Lipinski definition) is 4. The summed E-state index contributed by atoms with van der Waals surface area (Å²) >= 11 is 11.2. The highest BCUT2D eigenvalue weighted by Gasteiger charge is 2.50. The summed E-state index contributed by atoms with van der Waals surface area (Å²) in [6, 6.07) is 0.754. The molecule has 1 aromatic rings. The van der Waals surface area contributed by atoms with Crippen LogP contribution in [0.3, 0.4) is 0 Å². The van der Waals surface area contributed by atoms with E-state index in [-0.39, 0.29) is 21.6 Å². The number of carbonyl (C=O) groups is 2. The van der Waals surface area contributed by atoms with Crippen molar-refractivity contribution in [3.63, 3.8) is 0 Å². The lowest BCUT2D eigenvalue weighted by molar-refractivity contribution is -0.143. The Kier molecular flexibility index (Phi) is 4.35. The van der Waals surface area contributed by atoms with Crippen molar-refractivity contribution in [3.05, 3.63) is 23.0 Å². The number of carbonyl (C=O) groups excluding carboxylic acids is 1. The van der Waals surface area contributed by atoms with Gasteiger partial charge in [-0.05, 0) is 37.5 Å². The predicted octanol–water partition coefficient (Wildman–Crippen LogP) is 2.43. The second-order valence-corrected chi connectivity index (χ2v) is 6.37. The summed E-state index contributed by atoms with van der Waals surface area (Å²) in [6.07, 6.45) is 1.46. The molecule has 128 valence electrons. The summed E-state index contributed by atoms with van der Waals surface area (Å²) in [4.78, 5) is 26.6. The molecule has 0 aromatic heterocycles. The molecule has 1 N–H and O–H groups in total. The maximum atomic E-state index is 14.4. The molecule has 0 radical (unpaired) electrons. The molecule has 2 heterocycles. The number of thiocarbonyl (C=S) groups is 1. The van der Waals surface area contributed by atoms with Crippen LogP contribution in [0.25, 0.3) is 0 Å². The zero-order valence-electron chi connectivity index (χ0n) is 12.7. The van der Waals surface area contributed by atoms with Crippen molar-refractivity contribution in [2.24, 2.45) is 0 Å². The van der Waals surface area contributed by atoms with Gasteiger partial charge in [0.1, 0.15) is 23.7 Å². The number of piperidine rings is 1. The Balaban J connectivity index is 2.05. The van der Waals surface area contributed by atoms with Gasteiger partial charge >= 0.3 is 5.97 Å². The van der Waals surface area contributed by atoms with E-state index in [1.165, 1.54) is 18.1 Å². The van der Waals surface area contributed by atoms with Crippen LogP contribution in [0.15, 0.2) is 12.1 Å². The highest BCUT2D eigenvalue weighted by atomic mass is 35.5. The lowest BCUT2D eigenvalue weighted by Crippen LogP contribution is -2.50. The van der Waals surface area contributed by atoms with Crippen molar-refractivity contribution in [1.82, 2.24) is 4.90 Å². The molecule has 2 aliphatic rings. The largest absolute Gasteiger partial charge is 0.495 e. The van der Waals surface area contributed by atoms with Crippen molar-refractivity contribution in [3.8, 4) is 5.75 Å². The number of carboxylic acids is 1. The summed E-state index contributed by atoms with van der Waals surface area (Å²) in [5, 5.41) is 9.43. The van der Waals surface area contributed by atoms with Crippen LogP contribution in [0.2, 0.25) is 5.02 Å². The number of methoxy groups -OCH3 is 1. The molecule has 2 aliphatic heterocycles. The molecule has 1 amide bonds. The van der Waals surface area contributed by atoms with Gasteiger partial charge in [0.05, 0.1) is 17.8 Å². The molecule has 3 rings (SSSR count). The number of anilines is 1. The van der Waals surface area contributed by atoms with Crippen LogP contribution in [0.5, 0.6) is 5.75 Å². The highest BCUT2D eigenvalue weighted by Crippen LogP contribution is 2.38. The fraction of sp³-hybridized carbons (Fsp3) is 0.400. The van der Waals surface area contributed by atoms with Crippen molar-refractivity contribution in [1.29, 1.82) is 0 Å². The molecule has 2 fully saturated rings. The molecule has 2 atom stereocenters. The number of ether oxygens (including phenoxy) is 1. The van der Waals surface area contributed by atoms with Gasteiger partial charge in [0.15, 0.2) is 5.11 Å². The van der Waals surface area contributed by atoms with E-state index >= 15 is 0 Å². The molecule has 0 aliphatic carbocycles. The molecule has 24 heavy (non-hydrogen) atoms. The molecule has 0 saturated carbocycles. The van der Waals surface area contributed by atoms with Crippen molar-refractivity contribution < 1.29 is 23.8 Å². The smallest absolute Gasteiger partial charge is 0.326 e. The first-order valence-electron chi connectivity index (χ1n) is 7.29. The van der Waals surface area contributed by atoms with Gasteiger partial charge in [-0.2, -0.15) is 0 Å². The first-order valence-corrected chi connectivity index (χ1v) is 8.07. The van der Waals surface area contributed by atoms with Crippen LogP contribution in [0, 0.1) is 5.82 Å². The Morgan fingerprint density at radius 2 is 2.17 bits per heavy atom. The van der Waals surface area contributed by atoms with Gasteiger partial charge in [-0.3, -0.25) is 9.69 Å². The van der Waals surface area contributed by atoms with Crippen molar-refractivity contribution in [2.45, 2.75) is 31.3 Å². The quantitative estimate of drug-likeness (QED) is 0.822. The van der Waals surface area contributed by atoms with Crippen LogP contribution in [-0.2, 0) is 9.59 Å². The minimum absolute atomic E-state index is 0.0135. The third kappa shape index (κ3) is 2.50. The average Bonchev–Trinajstić information content (AvgIpc) is 2.79. The molecule has 2 unspecified atom stereocenters. The highest BCUT2D eigenvalue weighted by molar-refractivity contribution is 7.80. The number of hydrogen-bond donors (Lipinski definition) is 1. The predicted molar refractivity (Wildman–Crippen MR) is 88.9 cm³/mol. The molecule has 0 spiro atoms. The molecule has 6 nitrogen and oxygen atoms in total. The molecule has 0 bridgehead atoms. The Labute approximate surface area is 147 Å². The van der Waals surface area contributed by atoms with Gasteiger partial charge in [0.2, 0.25) is 0 Å². The molecule has 1 aromatic carbocycles. The van der Waals surface area contributed by atoms with E-state index in [1.54, 1.807) is 0 Å². The molecular formula is C15H14ClFN2O4S. The van der Waals surface area contributed by atoms with Crippen LogP contribution in [0.1, 0.15) is 19.3 Å². The van der Waals surface area contributed by atoms with Gasteiger partial charge < -0.3 is 14.7 Å². The van der Waals surface area contributed by atoms with Gasteiger partial charge in [0.25, 0.3) is 5.91 Å². The molecular weight excluding hydrogens is 359 g/mol. The third-order valence-corrected chi connectivity index (χ3v) is 4.98. The SMILES string of the molecule is COc1cc(N2C(=O)C3CCCC(C(=O)O)N3C2=S)c(F)cc1Cl. The molecule has 9 heteroatoms. The zero-order chi connectivity index (χ0) is 17.6. The first-order chi connectivity index (χ1) is 11.4. The van der Waals surface area contributed by atoms with Crippen LogP contribution in [0.4, 0.5) is 10.1 Å². The fourth-order valence-corrected chi connectivity index (χ4v) is 3.85. The van der Waals surface area contributed by atoms with E-state index in [4.69, 9.17) is 28.6 Å². The summed E-state index contributed by atoms with van der Waals surface area (Å²) in [6.45, 7) is 0. The van der Waals surface area contributed by atoms with Gasteiger partial charge in [0, 0.05) is 6.07 Å². The Morgan fingerprint density at radius 1 is 1.46 bits per heavy atom. The summed E-state index contributed by atoms with van der Waals surface area (Å²) in [5.41, 5.74) is -0.0928. The van der Waals surface area contributed by atoms with E-state index in [2.05, 4.69) is 0 Å². The van der Waals surface area contributed by atoms with Gasteiger partial charge in [-0.15, -0.1) is 0 Å². The van der Waals surface area contributed by atoms with Crippen LogP contribution >= 0.6 is 23.8 Å². The Hall–Kier alpha value is -1.93. The minimum atomic E-state index is -1.05. The maximum Gasteiger partial charge on any atom is 0.326 e. The monoisotopic (exact) mass is 372 g/mol. The Bertz CT molecular complexity index is 744. The second-order valence-electron chi connectivity index (χ2n) is 5.60. The van der Waals surface area contributed by atoms with E-state index < -0.39 is 29.8 Å². The number of carboxylic acid groups (broad SMARTS) is 1. The number of fused-ring (bicyclic) bond motifs is 1. The number of aliphatic carboxylic acids is 1. The van der Waals surface area contributed by atoms with E-state index in [0.717, 1.165) is 11.0 Å². The van der Waals surface area contributed by atoms with Gasteiger partial charge in [-0.25, -0.2) is 9.18 Å². The maximum absolute atomic E-state index is 14.4. The average molecular weight is 373 g/mol. The normalized spacial score (nSPS) is 23.5. The van der Waals surface area contributed by atoms with Crippen molar-refractivity contribution in [2.75, 3.05) is 12.0 Å². The van der Waals surface area contributed by atoms with Crippen molar-refractivity contribution >= 4 is 46.5 Å². The minimum Gasteiger partial charge on any atom is -0.495 e. The first kappa shape index (κ1) is 16.9. The summed E-state index contributed by atoms with van der Waals surface area (Å²) < 4.78 is 19.4. The summed E-state index contributed by atoms with van der Waals surface area (Å²) in [7, 11) is 1.37.